The first kappa shape index (κ1) is 13.4. The van der Waals surface area contributed by atoms with Crippen LogP contribution in [0.15, 0.2) is 36.4 Å². The van der Waals surface area contributed by atoms with E-state index in [0.717, 1.165) is 31.8 Å². The number of methoxy groups -OCH3 is 1. The van der Waals surface area contributed by atoms with Gasteiger partial charge in [-0.2, -0.15) is 0 Å². The lowest BCUT2D eigenvalue weighted by atomic mass is 9.88. The summed E-state index contributed by atoms with van der Waals surface area (Å²) in [6, 6.07) is 12.6. The third kappa shape index (κ3) is 2.65. The van der Waals surface area contributed by atoms with Gasteiger partial charge in [-0.15, -0.1) is 0 Å². The first-order valence-electron chi connectivity index (χ1n) is 7.19. The molecule has 0 aliphatic carbocycles. The predicted molar refractivity (Wildman–Crippen MR) is 81.0 cm³/mol. The maximum Gasteiger partial charge on any atom is 0.119 e. The first-order valence-corrected chi connectivity index (χ1v) is 7.19. The smallest absolute Gasteiger partial charge is 0.119 e. The number of nitrogens with two attached hydrogens (primary N) is 1. The van der Waals surface area contributed by atoms with Gasteiger partial charge in [0.25, 0.3) is 0 Å². The molecular formula is C17H21NO2. The second-order valence-corrected chi connectivity index (χ2v) is 5.48. The fourth-order valence-electron chi connectivity index (χ4n) is 2.90. The number of fused-ring (bicyclic) bond motifs is 1. The maximum atomic E-state index is 6.41. The highest BCUT2D eigenvalue weighted by Gasteiger charge is 2.22. The molecule has 1 heterocycles. The van der Waals surface area contributed by atoms with Crippen molar-refractivity contribution in [2.75, 3.05) is 20.3 Å². The lowest BCUT2D eigenvalue weighted by Gasteiger charge is -2.28. The molecule has 1 saturated heterocycles. The highest BCUT2D eigenvalue weighted by atomic mass is 16.5. The van der Waals surface area contributed by atoms with Gasteiger partial charge in [0.1, 0.15) is 5.75 Å². The molecule has 0 bridgehead atoms. The Balaban J connectivity index is 1.88. The number of ether oxygens (including phenoxy) is 2. The van der Waals surface area contributed by atoms with Gasteiger partial charge >= 0.3 is 0 Å². The molecular weight excluding hydrogens is 250 g/mol. The molecule has 0 radical (unpaired) electrons. The van der Waals surface area contributed by atoms with Gasteiger partial charge < -0.3 is 15.2 Å². The van der Waals surface area contributed by atoms with E-state index in [0.29, 0.717) is 5.92 Å². The van der Waals surface area contributed by atoms with Gasteiger partial charge in [-0.05, 0) is 47.4 Å². The van der Waals surface area contributed by atoms with E-state index in [9.17, 15) is 0 Å². The van der Waals surface area contributed by atoms with Gasteiger partial charge in [0.05, 0.1) is 13.7 Å². The molecule has 1 aliphatic heterocycles. The summed E-state index contributed by atoms with van der Waals surface area (Å²) in [4.78, 5) is 0. The number of hydrogen-bond acceptors (Lipinski definition) is 3. The zero-order valence-electron chi connectivity index (χ0n) is 11.8. The van der Waals surface area contributed by atoms with Crippen molar-refractivity contribution >= 4 is 10.8 Å². The summed E-state index contributed by atoms with van der Waals surface area (Å²) in [6.45, 7) is 1.66. The number of benzene rings is 2. The summed E-state index contributed by atoms with van der Waals surface area (Å²) >= 11 is 0. The molecule has 2 aromatic carbocycles. The highest BCUT2D eigenvalue weighted by molar-refractivity contribution is 5.84. The Labute approximate surface area is 119 Å². The van der Waals surface area contributed by atoms with Crippen molar-refractivity contribution in [2.45, 2.75) is 18.9 Å². The average Bonchev–Trinajstić information content (AvgIpc) is 2.54. The van der Waals surface area contributed by atoms with E-state index < -0.39 is 0 Å². The Morgan fingerprint density at radius 3 is 2.75 bits per heavy atom. The van der Waals surface area contributed by atoms with E-state index >= 15 is 0 Å². The van der Waals surface area contributed by atoms with Crippen LogP contribution in [0.1, 0.15) is 24.4 Å². The van der Waals surface area contributed by atoms with Crippen molar-refractivity contribution in [1.29, 1.82) is 0 Å². The molecule has 3 heteroatoms. The van der Waals surface area contributed by atoms with E-state index in [2.05, 4.69) is 24.3 Å². The zero-order valence-corrected chi connectivity index (χ0v) is 11.8. The minimum atomic E-state index is 0.0572. The minimum absolute atomic E-state index is 0.0572. The van der Waals surface area contributed by atoms with Crippen LogP contribution in [0, 0.1) is 5.92 Å². The third-order valence-electron chi connectivity index (χ3n) is 4.16. The van der Waals surface area contributed by atoms with E-state index in [-0.39, 0.29) is 6.04 Å². The second kappa shape index (κ2) is 5.81. The molecule has 1 aliphatic rings. The molecule has 0 amide bonds. The molecule has 3 nitrogen and oxygen atoms in total. The van der Waals surface area contributed by atoms with Crippen molar-refractivity contribution < 1.29 is 9.47 Å². The molecule has 0 aromatic heterocycles. The topological polar surface area (TPSA) is 44.5 Å². The standard InChI is InChI=1S/C17H21NO2/c1-19-16-7-6-12-9-14(5-4-13(12)10-16)17(18)15-3-2-8-20-11-15/h4-7,9-10,15,17H,2-3,8,11,18H2,1H3. The SMILES string of the molecule is COc1ccc2cc(C(N)C3CCCOC3)ccc2c1. The molecule has 106 valence electrons. The molecule has 0 saturated carbocycles. The first-order chi connectivity index (χ1) is 9.78. The van der Waals surface area contributed by atoms with E-state index in [4.69, 9.17) is 15.2 Å². The van der Waals surface area contributed by atoms with Crippen molar-refractivity contribution in [3.63, 3.8) is 0 Å². The lowest BCUT2D eigenvalue weighted by Crippen LogP contribution is -2.28. The molecule has 1 fully saturated rings. The van der Waals surface area contributed by atoms with Crippen molar-refractivity contribution in [2.24, 2.45) is 11.7 Å². The lowest BCUT2D eigenvalue weighted by molar-refractivity contribution is 0.0448. The third-order valence-corrected chi connectivity index (χ3v) is 4.16. The molecule has 3 rings (SSSR count). The zero-order chi connectivity index (χ0) is 13.9. The van der Waals surface area contributed by atoms with Gasteiger partial charge in [-0.25, -0.2) is 0 Å². The average molecular weight is 271 g/mol. The molecule has 2 atom stereocenters. The van der Waals surface area contributed by atoms with Gasteiger partial charge in [0, 0.05) is 18.6 Å². The number of rotatable bonds is 3. The minimum Gasteiger partial charge on any atom is -0.497 e. The van der Waals surface area contributed by atoms with Gasteiger partial charge in [-0.1, -0.05) is 18.2 Å². The van der Waals surface area contributed by atoms with Crippen LogP contribution in [0.4, 0.5) is 0 Å². The Hall–Kier alpha value is -1.58. The molecule has 2 unspecified atom stereocenters. The van der Waals surface area contributed by atoms with Crippen LogP contribution in [0.2, 0.25) is 0 Å². The Morgan fingerprint density at radius 1 is 1.20 bits per heavy atom. The fraction of sp³-hybridized carbons (Fsp3) is 0.412. The van der Waals surface area contributed by atoms with Crippen molar-refractivity contribution in [3.8, 4) is 5.75 Å². The molecule has 2 N–H and O–H groups in total. The van der Waals surface area contributed by atoms with Crippen LogP contribution in [0.25, 0.3) is 10.8 Å². The van der Waals surface area contributed by atoms with Crippen LogP contribution in [-0.4, -0.2) is 20.3 Å². The second-order valence-electron chi connectivity index (χ2n) is 5.48. The Bertz CT molecular complexity index is 591. The van der Waals surface area contributed by atoms with E-state index in [1.165, 1.54) is 16.3 Å². The molecule has 0 spiro atoms. The maximum absolute atomic E-state index is 6.41. The fourth-order valence-corrected chi connectivity index (χ4v) is 2.90. The summed E-state index contributed by atoms with van der Waals surface area (Å²) in [5.41, 5.74) is 7.60. The van der Waals surface area contributed by atoms with E-state index in [1.807, 2.05) is 12.1 Å². The quantitative estimate of drug-likeness (QED) is 0.931. The normalized spacial score (nSPS) is 20.8. The van der Waals surface area contributed by atoms with Gasteiger partial charge in [0.15, 0.2) is 0 Å². The summed E-state index contributed by atoms with van der Waals surface area (Å²) in [5.74, 6) is 1.31. The molecule has 20 heavy (non-hydrogen) atoms. The van der Waals surface area contributed by atoms with Gasteiger partial charge in [0.2, 0.25) is 0 Å². The van der Waals surface area contributed by atoms with Crippen molar-refractivity contribution in [3.05, 3.63) is 42.0 Å². The predicted octanol–water partition coefficient (Wildman–Crippen LogP) is 3.27. The summed E-state index contributed by atoms with van der Waals surface area (Å²) in [7, 11) is 1.69. The largest absolute Gasteiger partial charge is 0.497 e. The monoisotopic (exact) mass is 271 g/mol. The van der Waals surface area contributed by atoms with E-state index in [1.54, 1.807) is 7.11 Å². The van der Waals surface area contributed by atoms with Gasteiger partial charge in [-0.3, -0.25) is 0 Å². The van der Waals surface area contributed by atoms with Crippen molar-refractivity contribution in [1.82, 2.24) is 0 Å². The summed E-state index contributed by atoms with van der Waals surface area (Å²) < 4.78 is 10.8. The number of hydrogen-bond donors (Lipinski definition) is 1. The Kier molecular flexibility index (Phi) is 3.90. The highest BCUT2D eigenvalue weighted by Crippen LogP contribution is 2.29. The van der Waals surface area contributed by atoms with Crippen LogP contribution in [0.5, 0.6) is 5.75 Å². The summed E-state index contributed by atoms with van der Waals surface area (Å²) in [6.07, 6.45) is 2.27. The van der Waals surface area contributed by atoms with Crippen LogP contribution >= 0.6 is 0 Å². The Morgan fingerprint density at radius 2 is 2.00 bits per heavy atom. The summed E-state index contributed by atoms with van der Waals surface area (Å²) in [5, 5.41) is 2.38. The van der Waals surface area contributed by atoms with Crippen LogP contribution in [0.3, 0.4) is 0 Å². The van der Waals surface area contributed by atoms with Crippen LogP contribution in [-0.2, 0) is 4.74 Å². The molecule has 2 aromatic rings. The van der Waals surface area contributed by atoms with Crippen LogP contribution < -0.4 is 10.5 Å².